The van der Waals surface area contributed by atoms with E-state index in [4.69, 9.17) is 21.8 Å². The number of fused-ring (bicyclic) bond motifs is 1. The van der Waals surface area contributed by atoms with Crippen LogP contribution in [-0.2, 0) is 9.59 Å². The monoisotopic (exact) mass is 339 g/mol. The molecule has 3 rings (SSSR count). The Morgan fingerprint density at radius 3 is 2.43 bits per heavy atom. The van der Waals surface area contributed by atoms with Gasteiger partial charge in [-0.25, -0.2) is 14.6 Å². The third-order valence-electron chi connectivity index (χ3n) is 3.84. The highest BCUT2D eigenvalue weighted by Crippen LogP contribution is 2.27. The molecule has 2 saturated heterocycles. The lowest BCUT2D eigenvalue weighted by Crippen LogP contribution is -2.62. The average Bonchev–Trinajstić information content (AvgIpc) is 2.48. The Balaban J connectivity index is 0.000000207. The molecule has 0 aromatic carbocycles. The van der Waals surface area contributed by atoms with Crippen LogP contribution in [0.15, 0.2) is 30.5 Å². The molecule has 0 saturated carbocycles. The molecule has 3 heterocycles. The summed E-state index contributed by atoms with van der Waals surface area (Å²) in [4.78, 5) is 25.6. The van der Waals surface area contributed by atoms with Crippen molar-refractivity contribution < 1.29 is 19.8 Å². The largest absolute Gasteiger partial charge is 0.478 e. The van der Waals surface area contributed by atoms with E-state index in [2.05, 4.69) is 15.2 Å². The molecule has 2 fully saturated rings. The zero-order chi connectivity index (χ0) is 16.8. The molecule has 2 atom stereocenters. The number of pyridine rings is 1. The van der Waals surface area contributed by atoms with Crippen LogP contribution >= 0.6 is 11.6 Å². The quantitative estimate of drug-likeness (QED) is 0.562. The Labute approximate surface area is 138 Å². The molecule has 0 amide bonds. The fourth-order valence-corrected chi connectivity index (χ4v) is 2.66. The van der Waals surface area contributed by atoms with Gasteiger partial charge in [-0.1, -0.05) is 11.6 Å². The summed E-state index contributed by atoms with van der Waals surface area (Å²) in [5.74, 6) is -1.61. The molecular formula is C15H18ClN3O4. The molecular weight excluding hydrogens is 322 g/mol. The number of halogens is 1. The van der Waals surface area contributed by atoms with E-state index in [9.17, 15) is 9.59 Å². The van der Waals surface area contributed by atoms with Crippen LogP contribution in [0.3, 0.4) is 0 Å². The minimum Gasteiger partial charge on any atom is -0.478 e. The SMILES string of the molecule is Clc1ccc(N2CC[C@H]3CN[C@H]3C2)cn1.O=C(O)C=CC(=O)O. The fourth-order valence-electron chi connectivity index (χ4n) is 2.55. The lowest BCUT2D eigenvalue weighted by molar-refractivity contribution is -0.134. The summed E-state index contributed by atoms with van der Waals surface area (Å²) >= 11 is 5.77. The molecule has 0 radical (unpaired) electrons. The zero-order valence-electron chi connectivity index (χ0n) is 12.4. The van der Waals surface area contributed by atoms with E-state index in [1.165, 1.54) is 18.7 Å². The number of aliphatic carboxylic acids is 2. The van der Waals surface area contributed by atoms with Crippen molar-refractivity contribution in [2.45, 2.75) is 12.5 Å². The maximum atomic E-state index is 9.55. The Kier molecular flexibility index (Phi) is 5.95. The van der Waals surface area contributed by atoms with Gasteiger partial charge in [0.25, 0.3) is 0 Å². The number of hydrogen-bond acceptors (Lipinski definition) is 5. The van der Waals surface area contributed by atoms with E-state index in [0.717, 1.165) is 19.0 Å². The highest BCUT2D eigenvalue weighted by Gasteiger charge is 2.35. The van der Waals surface area contributed by atoms with Crippen LogP contribution in [-0.4, -0.2) is 52.8 Å². The molecule has 2 aliphatic heterocycles. The maximum Gasteiger partial charge on any atom is 0.328 e. The first-order valence-corrected chi connectivity index (χ1v) is 7.57. The Bertz CT molecular complexity index is 575. The standard InChI is InChI=1S/C11H14ClN3.C4H4O4/c12-11-2-1-9(6-14-11)15-4-3-8-5-13-10(8)7-15;5-3(6)1-2-4(7)8/h1-2,6,8,10,13H,3-5,7H2;1-2H,(H,5,6)(H,7,8)/t8-,10-;/m0./s1. The van der Waals surface area contributed by atoms with Gasteiger partial charge >= 0.3 is 11.9 Å². The van der Waals surface area contributed by atoms with Gasteiger partial charge in [0.05, 0.1) is 11.9 Å². The summed E-state index contributed by atoms with van der Waals surface area (Å²) in [5, 5.41) is 19.7. The third kappa shape index (κ3) is 5.22. The minimum atomic E-state index is -1.26. The molecule has 3 N–H and O–H groups in total. The Hall–Kier alpha value is -2.12. The Morgan fingerprint density at radius 2 is 2.00 bits per heavy atom. The van der Waals surface area contributed by atoms with Crippen molar-refractivity contribution in [2.75, 3.05) is 24.5 Å². The van der Waals surface area contributed by atoms with Gasteiger partial charge in [0.1, 0.15) is 5.15 Å². The molecule has 23 heavy (non-hydrogen) atoms. The minimum absolute atomic E-state index is 0.558. The fraction of sp³-hybridized carbons (Fsp3) is 0.400. The molecule has 0 unspecified atom stereocenters. The van der Waals surface area contributed by atoms with Gasteiger partial charge in [-0.15, -0.1) is 0 Å². The van der Waals surface area contributed by atoms with Crippen LogP contribution in [0.5, 0.6) is 0 Å². The van der Waals surface area contributed by atoms with E-state index in [1.54, 1.807) is 0 Å². The smallest absolute Gasteiger partial charge is 0.328 e. The summed E-state index contributed by atoms with van der Waals surface area (Å²) in [6.07, 6.45) is 4.27. The van der Waals surface area contributed by atoms with Gasteiger partial charge < -0.3 is 20.4 Å². The molecule has 8 heteroatoms. The van der Waals surface area contributed by atoms with Crippen molar-refractivity contribution in [2.24, 2.45) is 5.92 Å². The molecule has 1 aromatic rings. The molecule has 0 aliphatic carbocycles. The van der Waals surface area contributed by atoms with Crippen molar-refractivity contribution in [1.29, 1.82) is 0 Å². The summed E-state index contributed by atoms with van der Waals surface area (Å²) < 4.78 is 0. The van der Waals surface area contributed by atoms with E-state index in [1.807, 2.05) is 18.3 Å². The van der Waals surface area contributed by atoms with Gasteiger partial charge in [-0.2, -0.15) is 0 Å². The third-order valence-corrected chi connectivity index (χ3v) is 4.07. The molecule has 0 bridgehead atoms. The van der Waals surface area contributed by atoms with Crippen LogP contribution < -0.4 is 10.2 Å². The highest BCUT2D eigenvalue weighted by molar-refractivity contribution is 6.29. The number of hydrogen-bond donors (Lipinski definition) is 3. The van der Waals surface area contributed by atoms with Crippen LogP contribution in [0, 0.1) is 5.92 Å². The van der Waals surface area contributed by atoms with Crippen LogP contribution in [0.25, 0.3) is 0 Å². The molecule has 124 valence electrons. The Morgan fingerprint density at radius 1 is 1.30 bits per heavy atom. The summed E-state index contributed by atoms with van der Waals surface area (Å²) in [7, 11) is 0. The van der Waals surface area contributed by atoms with E-state index < -0.39 is 11.9 Å². The van der Waals surface area contributed by atoms with E-state index in [0.29, 0.717) is 23.3 Å². The van der Waals surface area contributed by atoms with Crippen molar-refractivity contribution in [1.82, 2.24) is 10.3 Å². The highest BCUT2D eigenvalue weighted by atomic mass is 35.5. The van der Waals surface area contributed by atoms with Crippen molar-refractivity contribution >= 4 is 29.2 Å². The van der Waals surface area contributed by atoms with Gasteiger partial charge in [0.2, 0.25) is 0 Å². The van der Waals surface area contributed by atoms with Gasteiger partial charge in [-0.05, 0) is 31.0 Å². The number of piperidine rings is 1. The van der Waals surface area contributed by atoms with Crippen LogP contribution in [0.4, 0.5) is 5.69 Å². The number of anilines is 1. The average molecular weight is 340 g/mol. The zero-order valence-corrected chi connectivity index (χ0v) is 13.1. The normalized spacial score (nSPS) is 22.6. The molecule has 7 nitrogen and oxygen atoms in total. The molecule has 0 spiro atoms. The first kappa shape index (κ1) is 17.2. The lowest BCUT2D eigenvalue weighted by Gasteiger charge is -2.46. The maximum absolute atomic E-state index is 9.55. The van der Waals surface area contributed by atoms with Crippen molar-refractivity contribution in [3.63, 3.8) is 0 Å². The lowest BCUT2D eigenvalue weighted by atomic mass is 9.85. The number of rotatable bonds is 3. The summed E-state index contributed by atoms with van der Waals surface area (Å²) in [5.41, 5.74) is 1.19. The van der Waals surface area contributed by atoms with Crippen molar-refractivity contribution in [3.8, 4) is 0 Å². The second-order valence-corrected chi connectivity index (χ2v) is 5.75. The molecule has 1 aromatic heterocycles. The van der Waals surface area contributed by atoms with E-state index in [-0.39, 0.29) is 0 Å². The first-order valence-electron chi connectivity index (χ1n) is 7.19. The number of aromatic nitrogens is 1. The first-order chi connectivity index (χ1) is 11.0. The van der Waals surface area contributed by atoms with Gasteiger partial charge in [-0.3, -0.25) is 0 Å². The number of nitrogens with zero attached hydrogens (tertiary/aromatic N) is 2. The van der Waals surface area contributed by atoms with Crippen LogP contribution in [0.1, 0.15) is 6.42 Å². The number of carboxylic acids is 2. The number of nitrogens with one attached hydrogen (secondary N) is 1. The van der Waals surface area contributed by atoms with Gasteiger partial charge in [0, 0.05) is 31.3 Å². The predicted octanol–water partition coefficient (Wildman–Crippen LogP) is 1.24. The van der Waals surface area contributed by atoms with Crippen molar-refractivity contribution in [3.05, 3.63) is 35.6 Å². The predicted molar refractivity (Wildman–Crippen MR) is 85.8 cm³/mol. The summed E-state index contributed by atoms with van der Waals surface area (Å²) in [6, 6.07) is 4.60. The topological polar surface area (TPSA) is 103 Å². The van der Waals surface area contributed by atoms with Gasteiger partial charge in [0.15, 0.2) is 0 Å². The number of carbonyl (C=O) groups is 2. The van der Waals surface area contributed by atoms with Crippen LogP contribution in [0.2, 0.25) is 5.15 Å². The number of carboxylic acid groups (broad SMARTS) is 2. The second kappa shape index (κ2) is 7.94. The second-order valence-electron chi connectivity index (χ2n) is 5.36. The molecule has 2 aliphatic rings. The summed E-state index contributed by atoms with van der Waals surface area (Å²) in [6.45, 7) is 3.46. The van der Waals surface area contributed by atoms with E-state index >= 15 is 0 Å².